The Bertz CT molecular complexity index is 1260. The van der Waals surface area contributed by atoms with E-state index in [4.69, 9.17) is 4.74 Å². The fourth-order valence-corrected chi connectivity index (χ4v) is 6.11. The van der Waals surface area contributed by atoms with Gasteiger partial charge in [-0.2, -0.15) is 0 Å². The minimum absolute atomic E-state index is 0.132. The van der Waals surface area contributed by atoms with Crippen molar-refractivity contribution in [3.05, 3.63) is 82.9 Å². The summed E-state index contributed by atoms with van der Waals surface area (Å²) < 4.78 is 66.3. The third-order valence-electron chi connectivity index (χ3n) is 8.76. The molecule has 0 radical (unpaired) electrons. The van der Waals surface area contributed by atoms with E-state index >= 15 is 13.2 Å². The summed E-state index contributed by atoms with van der Waals surface area (Å²) in [5.74, 6) is -2.98. The molecule has 0 amide bonds. The molecule has 1 heterocycles. The van der Waals surface area contributed by atoms with Gasteiger partial charge in [-0.1, -0.05) is 120 Å². The van der Waals surface area contributed by atoms with Crippen molar-refractivity contribution in [3.63, 3.8) is 0 Å². The van der Waals surface area contributed by atoms with E-state index in [-0.39, 0.29) is 16.7 Å². The van der Waals surface area contributed by atoms with E-state index < -0.39 is 29.4 Å². The highest BCUT2D eigenvalue weighted by molar-refractivity contribution is 5.71. The molecule has 0 saturated carbocycles. The molecule has 2 unspecified atom stereocenters. The van der Waals surface area contributed by atoms with Crippen LogP contribution in [-0.4, -0.2) is 6.61 Å². The molecule has 1 saturated heterocycles. The van der Waals surface area contributed by atoms with E-state index in [1.165, 1.54) is 44.9 Å². The Morgan fingerprint density at radius 3 is 1.79 bits per heavy atom. The van der Waals surface area contributed by atoms with Crippen LogP contribution in [0.2, 0.25) is 0 Å². The summed E-state index contributed by atoms with van der Waals surface area (Å²) in [4.78, 5) is 0. The molecule has 0 N–H and O–H groups in total. The molecule has 228 valence electrons. The van der Waals surface area contributed by atoms with Crippen LogP contribution in [-0.2, 0) is 11.2 Å². The summed E-state index contributed by atoms with van der Waals surface area (Å²) in [5.41, 5.74) is 1.90. The summed E-state index contributed by atoms with van der Waals surface area (Å²) in [7, 11) is 0. The molecule has 3 aromatic carbocycles. The average Bonchev–Trinajstić information content (AvgIpc) is 3.01. The molecule has 1 aliphatic rings. The lowest BCUT2D eigenvalue weighted by Gasteiger charge is -2.29. The minimum atomic E-state index is -0.916. The smallest absolute Gasteiger partial charge is 0.167 e. The maximum Gasteiger partial charge on any atom is 0.167 e. The first-order chi connectivity index (χ1) is 20.4. The Morgan fingerprint density at radius 1 is 0.595 bits per heavy atom. The summed E-state index contributed by atoms with van der Waals surface area (Å²) in [6.07, 6.45) is 14.2. The Kier molecular flexibility index (Phi) is 12.5. The molecule has 1 nitrogen and oxygen atoms in total. The van der Waals surface area contributed by atoms with Crippen LogP contribution >= 0.6 is 0 Å². The van der Waals surface area contributed by atoms with Crippen LogP contribution in [0.15, 0.2) is 48.5 Å². The van der Waals surface area contributed by atoms with Gasteiger partial charge < -0.3 is 4.74 Å². The van der Waals surface area contributed by atoms with Gasteiger partial charge in [0.15, 0.2) is 23.3 Å². The number of rotatable bonds is 15. The maximum absolute atomic E-state index is 15.2. The van der Waals surface area contributed by atoms with E-state index in [9.17, 15) is 4.39 Å². The van der Waals surface area contributed by atoms with Gasteiger partial charge in [0.2, 0.25) is 0 Å². The summed E-state index contributed by atoms with van der Waals surface area (Å²) >= 11 is 0. The molecule has 3 aromatic rings. The Hall–Kier alpha value is -2.66. The van der Waals surface area contributed by atoms with Crippen molar-refractivity contribution in [2.45, 2.75) is 110 Å². The summed E-state index contributed by atoms with van der Waals surface area (Å²) in [5, 5.41) is 0. The fraction of sp³-hybridized carbons (Fsp3) is 0.514. The normalized spacial score (nSPS) is 17.1. The Balaban J connectivity index is 1.38. The van der Waals surface area contributed by atoms with Gasteiger partial charge in [0.1, 0.15) is 0 Å². The molecular formula is C37H46F4O. The molecule has 42 heavy (non-hydrogen) atoms. The predicted octanol–water partition coefficient (Wildman–Crippen LogP) is 11.9. The van der Waals surface area contributed by atoms with Gasteiger partial charge in [0, 0.05) is 16.7 Å². The first kappa shape index (κ1) is 32.3. The molecule has 0 aliphatic carbocycles. The van der Waals surface area contributed by atoms with Crippen molar-refractivity contribution in [3.8, 4) is 22.3 Å². The average molecular weight is 583 g/mol. The molecular weight excluding hydrogens is 536 g/mol. The number of aryl methyl sites for hydroxylation is 1. The monoisotopic (exact) mass is 582 g/mol. The standard InChI is InChI=1S/C37H46F4O/c1-3-5-7-8-9-10-12-14-29-20-21-30(35(39)34(29)38)27-16-18-28(19-17-27)31-22-23-32(37(41)36(31)40)33-24-15-26(25-42-33)13-11-6-4-2/h16-23,26,33H,3-15,24-25H2,1-2H3. The second-order valence-corrected chi connectivity index (χ2v) is 11.9. The number of hydrogen-bond donors (Lipinski definition) is 0. The first-order valence-electron chi connectivity index (χ1n) is 16.1. The summed E-state index contributed by atoms with van der Waals surface area (Å²) in [6.45, 7) is 4.95. The topological polar surface area (TPSA) is 9.23 Å². The molecule has 1 fully saturated rings. The molecule has 2 atom stereocenters. The Morgan fingerprint density at radius 2 is 1.17 bits per heavy atom. The highest BCUT2D eigenvalue weighted by atomic mass is 19.2. The highest BCUT2D eigenvalue weighted by Crippen LogP contribution is 2.37. The van der Waals surface area contributed by atoms with Crippen LogP contribution in [0.4, 0.5) is 17.6 Å². The second-order valence-electron chi connectivity index (χ2n) is 11.9. The van der Waals surface area contributed by atoms with E-state index in [1.54, 1.807) is 48.5 Å². The SMILES string of the molecule is CCCCCCCCCc1ccc(-c2ccc(-c3ccc(C4CCC(CCCCC)CO4)c(F)c3F)cc2)c(F)c1F. The third-order valence-corrected chi connectivity index (χ3v) is 8.76. The molecule has 1 aliphatic heterocycles. The largest absolute Gasteiger partial charge is 0.373 e. The van der Waals surface area contributed by atoms with Crippen LogP contribution in [0, 0.1) is 29.2 Å². The molecule has 0 aromatic heterocycles. The van der Waals surface area contributed by atoms with E-state index in [0.717, 1.165) is 32.1 Å². The van der Waals surface area contributed by atoms with Gasteiger partial charge >= 0.3 is 0 Å². The molecule has 5 heteroatoms. The third kappa shape index (κ3) is 8.24. The molecule has 0 spiro atoms. The van der Waals surface area contributed by atoms with Crippen LogP contribution in [0.3, 0.4) is 0 Å². The first-order valence-corrected chi connectivity index (χ1v) is 16.1. The second kappa shape index (κ2) is 16.3. The van der Waals surface area contributed by atoms with Crippen molar-refractivity contribution in [2.75, 3.05) is 6.61 Å². The maximum atomic E-state index is 15.2. The van der Waals surface area contributed by atoms with Crippen LogP contribution < -0.4 is 0 Å². The lowest BCUT2D eigenvalue weighted by atomic mass is 9.90. The number of ether oxygens (including phenoxy) is 1. The van der Waals surface area contributed by atoms with Crippen LogP contribution in [0.25, 0.3) is 22.3 Å². The van der Waals surface area contributed by atoms with Gasteiger partial charge in [-0.05, 0) is 54.7 Å². The van der Waals surface area contributed by atoms with Crippen molar-refractivity contribution >= 4 is 0 Å². The zero-order valence-corrected chi connectivity index (χ0v) is 25.3. The van der Waals surface area contributed by atoms with Gasteiger partial charge in [-0.3, -0.25) is 0 Å². The number of unbranched alkanes of at least 4 members (excludes halogenated alkanes) is 8. The van der Waals surface area contributed by atoms with Crippen molar-refractivity contribution in [1.82, 2.24) is 0 Å². The van der Waals surface area contributed by atoms with Crippen molar-refractivity contribution < 1.29 is 22.3 Å². The van der Waals surface area contributed by atoms with Gasteiger partial charge in [-0.25, -0.2) is 17.6 Å². The van der Waals surface area contributed by atoms with Gasteiger partial charge in [0.25, 0.3) is 0 Å². The molecule has 0 bridgehead atoms. The lowest BCUT2D eigenvalue weighted by Crippen LogP contribution is -2.21. The summed E-state index contributed by atoms with van der Waals surface area (Å²) in [6, 6.07) is 12.9. The van der Waals surface area contributed by atoms with Crippen LogP contribution in [0.5, 0.6) is 0 Å². The fourth-order valence-electron chi connectivity index (χ4n) is 6.11. The highest BCUT2D eigenvalue weighted by Gasteiger charge is 2.27. The zero-order valence-electron chi connectivity index (χ0n) is 25.3. The van der Waals surface area contributed by atoms with Gasteiger partial charge in [0.05, 0.1) is 12.7 Å². The lowest BCUT2D eigenvalue weighted by molar-refractivity contribution is -0.0218. The minimum Gasteiger partial charge on any atom is -0.373 e. The van der Waals surface area contributed by atoms with Gasteiger partial charge in [-0.15, -0.1) is 0 Å². The Labute approximate surface area is 249 Å². The zero-order chi connectivity index (χ0) is 29.9. The van der Waals surface area contributed by atoms with E-state index in [1.807, 2.05) is 0 Å². The quantitative estimate of drug-likeness (QED) is 0.128. The van der Waals surface area contributed by atoms with Crippen molar-refractivity contribution in [2.24, 2.45) is 5.92 Å². The van der Waals surface area contributed by atoms with Crippen LogP contribution in [0.1, 0.15) is 115 Å². The number of benzene rings is 3. The molecule has 4 rings (SSSR count). The number of halogens is 4. The van der Waals surface area contributed by atoms with E-state index in [2.05, 4.69) is 13.8 Å². The van der Waals surface area contributed by atoms with Crippen molar-refractivity contribution in [1.29, 1.82) is 0 Å². The predicted molar refractivity (Wildman–Crippen MR) is 164 cm³/mol. The number of hydrogen-bond acceptors (Lipinski definition) is 1. The van der Waals surface area contributed by atoms with E-state index in [0.29, 0.717) is 42.1 Å².